The van der Waals surface area contributed by atoms with Crippen LogP contribution in [0.3, 0.4) is 0 Å². The lowest BCUT2D eigenvalue weighted by Crippen LogP contribution is -2.39. The predicted molar refractivity (Wildman–Crippen MR) is 119 cm³/mol. The number of piperidine rings is 1. The summed E-state index contributed by atoms with van der Waals surface area (Å²) < 4.78 is 27.7. The van der Waals surface area contributed by atoms with Gasteiger partial charge < -0.3 is 10.2 Å². The summed E-state index contributed by atoms with van der Waals surface area (Å²) in [4.78, 5) is 2.82. The quantitative estimate of drug-likeness (QED) is 0.650. The molecule has 4 rings (SSSR count). The average Bonchev–Trinajstić information content (AvgIpc) is 3.16. The zero-order valence-corrected chi connectivity index (χ0v) is 18.0. The first-order chi connectivity index (χ1) is 14.0. The Hall–Kier alpha value is -2.31. The molecule has 0 spiro atoms. The molecular formula is C23H29N3O2S. The maximum Gasteiger partial charge on any atom is 0.268 e. The summed E-state index contributed by atoms with van der Waals surface area (Å²) in [6, 6.07) is 15.2. The van der Waals surface area contributed by atoms with E-state index < -0.39 is 10.0 Å². The van der Waals surface area contributed by atoms with Gasteiger partial charge in [-0.3, -0.25) is 0 Å². The van der Waals surface area contributed by atoms with Crippen molar-refractivity contribution in [1.29, 1.82) is 0 Å². The number of aromatic nitrogens is 1. The van der Waals surface area contributed by atoms with Crippen molar-refractivity contribution >= 4 is 26.6 Å². The molecule has 0 unspecified atom stereocenters. The van der Waals surface area contributed by atoms with Crippen LogP contribution in [0.5, 0.6) is 0 Å². The molecule has 6 heteroatoms. The van der Waals surface area contributed by atoms with Crippen LogP contribution in [0.4, 0.5) is 5.69 Å². The van der Waals surface area contributed by atoms with E-state index in [2.05, 4.69) is 17.1 Å². The maximum atomic E-state index is 13.2. The zero-order valence-electron chi connectivity index (χ0n) is 17.1. The number of fused-ring (bicyclic) bond motifs is 1. The van der Waals surface area contributed by atoms with Crippen LogP contribution in [0.1, 0.15) is 31.7 Å². The molecule has 29 heavy (non-hydrogen) atoms. The standard InChI is InChI=1S/C23H29N3O2S/c1-3-14-25-15-11-19(12-16-25)24-22-5-4-6-23-21(22)13-17-26(23)29(27,28)20-9-7-18(2)8-10-20/h4-10,13,17,19,24H,3,11-12,14-16H2,1-2H3. The highest BCUT2D eigenvalue weighted by molar-refractivity contribution is 7.90. The molecule has 0 aliphatic carbocycles. The Morgan fingerprint density at radius 1 is 1.03 bits per heavy atom. The SMILES string of the molecule is CCCN1CCC(Nc2cccc3c2ccn3S(=O)(=O)c2ccc(C)cc2)CC1. The van der Waals surface area contributed by atoms with Crippen molar-refractivity contribution in [3.8, 4) is 0 Å². The van der Waals surface area contributed by atoms with Crippen LogP contribution in [-0.4, -0.2) is 43.0 Å². The Morgan fingerprint density at radius 2 is 1.76 bits per heavy atom. The van der Waals surface area contributed by atoms with E-state index in [4.69, 9.17) is 0 Å². The second kappa shape index (κ2) is 8.20. The van der Waals surface area contributed by atoms with Crippen LogP contribution < -0.4 is 5.32 Å². The molecule has 1 aromatic heterocycles. The fourth-order valence-corrected chi connectivity index (χ4v) is 5.49. The normalized spacial score (nSPS) is 16.3. The third-order valence-corrected chi connectivity index (χ3v) is 7.47. The van der Waals surface area contributed by atoms with E-state index >= 15 is 0 Å². The lowest BCUT2D eigenvalue weighted by atomic mass is 10.0. The van der Waals surface area contributed by atoms with Crippen molar-refractivity contribution in [3.05, 3.63) is 60.3 Å². The molecule has 3 aromatic rings. The molecule has 154 valence electrons. The van der Waals surface area contributed by atoms with Crippen LogP contribution in [0, 0.1) is 6.92 Å². The van der Waals surface area contributed by atoms with Gasteiger partial charge in [0.15, 0.2) is 0 Å². The van der Waals surface area contributed by atoms with Gasteiger partial charge in [0.05, 0.1) is 10.4 Å². The number of hydrogen-bond donors (Lipinski definition) is 1. The highest BCUT2D eigenvalue weighted by Gasteiger charge is 2.22. The number of likely N-dealkylation sites (tertiary alicyclic amines) is 1. The van der Waals surface area contributed by atoms with Crippen molar-refractivity contribution < 1.29 is 8.42 Å². The van der Waals surface area contributed by atoms with Crippen molar-refractivity contribution in [2.45, 2.75) is 44.0 Å². The van der Waals surface area contributed by atoms with Gasteiger partial charge in [0, 0.05) is 36.4 Å². The number of anilines is 1. The van der Waals surface area contributed by atoms with Crippen LogP contribution in [-0.2, 0) is 10.0 Å². The largest absolute Gasteiger partial charge is 0.382 e. The second-order valence-corrected chi connectivity index (χ2v) is 9.74. The first-order valence-corrected chi connectivity index (χ1v) is 11.8. The van der Waals surface area contributed by atoms with Crippen LogP contribution >= 0.6 is 0 Å². The molecular weight excluding hydrogens is 382 g/mol. The topological polar surface area (TPSA) is 54.3 Å². The van der Waals surface area contributed by atoms with E-state index in [1.807, 2.05) is 43.3 Å². The van der Waals surface area contributed by atoms with Crippen molar-refractivity contribution in [2.75, 3.05) is 25.0 Å². The second-order valence-electron chi connectivity index (χ2n) is 7.93. The molecule has 1 N–H and O–H groups in total. The summed E-state index contributed by atoms with van der Waals surface area (Å²) in [7, 11) is -3.62. The lowest BCUT2D eigenvalue weighted by Gasteiger charge is -2.32. The molecule has 1 fully saturated rings. The van der Waals surface area contributed by atoms with Gasteiger partial charge in [0.25, 0.3) is 10.0 Å². The smallest absolute Gasteiger partial charge is 0.268 e. The number of nitrogens with one attached hydrogen (secondary N) is 1. The maximum absolute atomic E-state index is 13.2. The lowest BCUT2D eigenvalue weighted by molar-refractivity contribution is 0.219. The molecule has 0 bridgehead atoms. The zero-order chi connectivity index (χ0) is 20.4. The average molecular weight is 412 g/mol. The van der Waals surface area contributed by atoms with Gasteiger partial charge in [-0.05, 0) is 63.1 Å². The van der Waals surface area contributed by atoms with Gasteiger partial charge >= 0.3 is 0 Å². The van der Waals surface area contributed by atoms with Gasteiger partial charge in [0.2, 0.25) is 0 Å². The van der Waals surface area contributed by atoms with Crippen molar-refractivity contribution in [2.24, 2.45) is 0 Å². The number of nitrogens with zero attached hydrogens (tertiary/aromatic N) is 2. The van der Waals surface area contributed by atoms with Gasteiger partial charge in [-0.1, -0.05) is 30.7 Å². The molecule has 2 heterocycles. The predicted octanol–water partition coefficient (Wildman–Crippen LogP) is 4.47. The molecule has 0 saturated carbocycles. The molecule has 0 amide bonds. The Morgan fingerprint density at radius 3 is 2.45 bits per heavy atom. The minimum Gasteiger partial charge on any atom is -0.382 e. The molecule has 1 aliphatic heterocycles. The fraction of sp³-hybridized carbons (Fsp3) is 0.391. The molecule has 2 aromatic carbocycles. The van der Waals surface area contributed by atoms with E-state index in [9.17, 15) is 8.42 Å². The molecule has 1 saturated heterocycles. The van der Waals surface area contributed by atoms with Gasteiger partial charge in [-0.2, -0.15) is 0 Å². The number of benzene rings is 2. The third-order valence-electron chi connectivity index (χ3n) is 5.76. The van der Waals surface area contributed by atoms with E-state index in [1.54, 1.807) is 18.3 Å². The monoisotopic (exact) mass is 411 g/mol. The Kier molecular flexibility index (Phi) is 5.65. The van der Waals surface area contributed by atoms with Gasteiger partial charge in [-0.15, -0.1) is 0 Å². The highest BCUT2D eigenvalue weighted by Crippen LogP contribution is 2.29. The van der Waals surface area contributed by atoms with Gasteiger partial charge in [0.1, 0.15) is 0 Å². The minimum atomic E-state index is -3.62. The van der Waals surface area contributed by atoms with E-state index in [-0.39, 0.29) is 0 Å². The van der Waals surface area contributed by atoms with Crippen LogP contribution in [0.25, 0.3) is 10.9 Å². The first kappa shape index (κ1) is 20.0. The first-order valence-electron chi connectivity index (χ1n) is 10.4. The third kappa shape index (κ3) is 4.05. The molecule has 1 aliphatic rings. The summed E-state index contributed by atoms with van der Waals surface area (Å²) in [5.41, 5.74) is 2.76. The summed E-state index contributed by atoms with van der Waals surface area (Å²) in [6.45, 7) is 7.57. The van der Waals surface area contributed by atoms with Crippen LogP contribution in [0.2, 0.25) is 0 Å². The van der Waals surface area contributed by atoms with Gasteiger partial charge in [-0.25, -0.2) is 12.4 Å². The van der Waals surface area contributed by atoms with Crippen LogP contribution in [0.15, 0.2) is 59.6 Å². The number of rotatable bonds is 6. The van der Waals surface area contributed by atoms with E-state index in [1.165, 1.54) is 16.9 Å². The summed E-state index contributed by atoms with van der Waals surface area (Å²) in [5.74, 6) is 0. The molecule has 0 radical (unpaired) electrons. The van der Waals surface area contributed by atoms with Crippen molar-refractivity contribution in [1.82, 2.24) is 8.87 Å². The highest BCUT2D eigenvalue weighted by atomic mass is 32.2. The molecule has 0 atom stereocenters. The van der Waals surface area contributed by atoms with E-state index in [0.29, 0.717) is 16.5 Å². The summed E-state index contributed by atoms with van der Waals surface area (Å²) in [6.07, 6.45) is 5.08. The Bertz CT molecular complexity index is 1080. The van der Waals surface area contributed by atoms with E-state index in [0.717, 1.165) is 42.6 Å². The fourth-order valence-electron chi connectivity index (χ4n) is 4.14. The molecule has 5 nitrogen and oxygen atoms in total. The number of hydrogen-bond acceptors (Lipinski definition) is 4. The minimum absolute atomic E-state index is 0.308. The Balaban J connectivity index is 1.60. The van der Waals surface area contributed by atoms with Crippen molar-refractivity contribution in [3.63, 3.8) is 0 Å². The summed E-state index contributed by atoms with van der Waals surface area (Å²) >= 11 is 0. The Labute approximate surface area is 173 Å². The number of aryl methyl sites for hydroxylation is 1. The summed E-state index contributed by atoms with van der Waals surface area (Å²) in [5, 5.41) is 4.61.